The average molecular weight is 244 g/mol. The summed E-state index contributed by atoms with van der Waals surface area (Å²) in [4.78, 5) is 17.3. The van der Waals surface area contributed by atoms with Crippen molar-refractivity contribution >= 4 is 22.6 Å². The molecular formula is C14H16N2O2. The molecule has 0 unspecified atom stereocenters. The van der Waals surface area contributed by atoms with E-state index < -0.39 is 5.97 Å². The van der Waals surface area contributed by atoms with E-state index in [1.54, 1.807) is 6.07 Å². The molecule has 0 aliphatic heterocycles. The Morgan fingerprint density at radius 2 is 2.00 bits per heavy atom. The van der Waals surface area contributed by atoms with E-state index in [4.69, 9.17) is 5.11 Å². The second-order valence-electron chi connectivity index (χ2n) is 4.08. The quantitative estimate of drug-likeness (QED) is 0.898. The molecule has 0 radical (unpaired) electrons. The molecule has 0 fully saturated rings. The number of hydrogen-bond donors (Lipinski definition) is 1. The third-order valence-electron chi connectivity index (χ3n) is 3.04. The van der Waals surface area contributed by atoms with Gasteiger partial charge in [0.25, 0.3) is 0 Å². The summed E-state index contributed by atoms with van der Waals surface area (Å²) in [7, 11) is 0. The number of fused-ring (bicyclic) bond motifs is 1. The number of nitrogens with zero attached hydrogens (tertiary/aromatic N) is 2. The van der Waals surface area contributed by atoms with Crippen molar-refractivity contribution in [3.63, 3.8) is 0 Å². The van der Waals surface area contributed by atoms with Crippen molar-refractivity contribution in [1.29, 1.82) is 0 Å². The standard InChI is InChI=1S/C14H16N2O2/c1-3-16(4-2)12-6-5-10-7-11(14(17)18)9-15-13(10)8-12/h5-9H,3-4H2,1-2H3,(H,17,18). The molecule has 4 heteroatoms. The predicted molar refractivity (Wildman–Crippen MR) is 72.3 cm³/mol. The van der Waals surface area contributed by atoms with Crippen LogP contribution in [-0.2, 0) is 0 Å². The third kappa shape index (κ3) is 2.27. The van der Waals surface area contributed by atoms with Crippen molar-refractivity contribution < 1.29 is 9.90 Å². The molecule has 0 saturated heterocycles. The van der Waals surface area contributed by atoms with Gasteiger partial charge < -0.3 is 10.0 Å². The maximum Gasteiger partial charge on any atom is 0.337 e. The van der Waals surface area contributed by atoms with Crippen molar-refractivity contribution in [3.8, 4) is 0 Å². The fourth-order valence-electron chi connectivity index (χ4n) is 2.01. The number of pyridine rings is 1. The van der Waals surface area contributed by atoms with Crippen LogP contribution in [-0.4, -0.2) is 29.1 Å². The number of aromatic carboxylic acids is 1. The number of benzene rings is 1. The van der Waals surface area contributed by atoms with Gasteiger partial charge in [0, 0.05) is 30.4 Å². The normalized spacial score (nSPS) is 10.6. The Morgan fingerprint density at radius 1 is 1.28 bits per heavy atom. The lowest BCUT2D eigenvalue weighted by Crippen LogP contribution is -2.21. The molecule has 4 nitrogen and oxygen atoms in total. The van der Waals surface area contributed by atoms with Gasteiger partial charge in [0.2, 0.25) is 0 Å². The molecule has 0 aliphatic rings. The van der Waals surface area contributed by atoms with E-state index in [9.17, 15) is 4.79 Å². The molecule has 0 atom stereocenters. The molecule has 0 amide bonds. The Labute approximate surface area is 106 Å². The molecule has 1 heterocycles. The van der Waals surface area contributed by atoms with Crippen molar-refractivity contribution in [2.24, 2.45) is 0 Å². The number of aromatic nitrogens is 1. The van der Waals surface area contributed by atoms with Gasteiger partial charge in [0.1, 0.15) is 0 Å². The van der Waals surface area contributed by atoms with Gasteiger partial charge in [0.15, 0.2) is 0 Å². The topological polar surface area (TPSA) is 53.4 Å². The Bertz CT molecular complexity index is 577. The lowest BCUT2D eigenvalue weighted by atomic mass is 10.1. The predicted octanol–water partition coefficient (Wildman–Crippen LogP) is 2.78. The first-order chi connectivity index (χ1) is 8.65. The van der Waals surface area contributed by atoms with E-state index >= 15 is 0 Å². The number of hydrogen-bond acceptors (Lipinski definition) is 3. The highest BCUT2D eigenvalue weighted by atomic mass is 16.4. The number of carboxylic acids is 1. The van der Waals surface area contributed by atoms with Crippen molar-refractivity contribution in [1.82, 2.24) is 4.98 Å². The van der Waals surface area contributed by atoms with Crippen LogP contribution in [0.15, 0.2) is 30.5 Å². The molecular weight excluding hydrogens is 228 g/mol. The van der Waals surface area contributed by atoms with E-state index in [0.29, 0.717) is 0 Å². The van der Waals surface area contributed by atoms with Gasteiger partial charge in [-0.2, -0.15) is 0 Å². The van der Waals surface area contributed by atoms with E-state index in [0.717, 1.165) is 29.7 Å². The summed E-state index contributed by atoms with van der Waals surface area (Å²) in [5.41, 5.74) is 2.16. The van der Waals surface area contributed by atoms with Gasteiger partial charge in [-0.25, -0.2) is 4.79 Å². The highest BCUT2D eigenvalue weighted by Crippen LogP contribution is 2.21. The number of carbonyl (C=O) groups is 1. The molecule has 2 rings (SSSR count). The van der Waals surface area contributed by atoms with E-state index in [-0.39, 0.29) is 5.56 Å². The smallest absolute Gasteiger partial charge is 0.337 e. The summed E-state index contributed by atoms with van der Waals surface area (Å²) in [6, 6.07) is 7.57. The summed E-state index contributed by atoms with van der Waals surface area (Å²) in [6.07, 6.45) is 1.40. The van der Waals surface area contributed by atoms with Crippen molar-refractivity contribution in [3.05, 3.63) is 36.0 Å². The van der Waals surface area contributed by atoms with Crippen molar-refractivity contribution in [2.75, 3.05) is 18.0 Å². The fourth-order valence-corrected chi connectivity index (χ4v) is 2.01. The van der Waals surface area contributed by atoms with E-state index in [2.05, 4.69) is 23.7 Å². The Morgan fingerprint density at radius 3 is 2.61 bits per heavy atom. The molecule has 0 bridgehead atoms. The molecule has 1 aromatic heterocycles. The molecule has 1 N–H and O–H groups in total. The lowest BCUT2D eigenvalue weighted by molar-refractivity contribution is 0.0696. The molecule has 94 valence electrons. The van der Waals surface area contributed by atoms with Gasteiger partial charge >= 0.3 is 5.97 Å². The monoisotopic (exact) mass is 244 g/mol. The summed E-state index contributed by atoms with van der Waals surface area (Å²) >= 11 is 0. The second-order valence-corrected chi connectivity index (χ2v) is 4.08. The minimum Gasteiger partial charge on any atom is -0.478 e. The number of anilines is 1. The van der Waals surface area contributed by atoms with Crippen LogP contribution in [0.25, 0.3) is 10.9 Å². The average Bonchev–Trinajstić information content (AvgIpc) is 2.39. The van der Waals surface area contributed by atoms with Crippen LogP contribution in [0.3, 0.4) is 0 Å². The van der Waals surface area contributed by atoms with Gasteiger partial charge in [-0.05, 0) is 32.0 Å². The van der Waals surface area contributed by atoms with Crippen LogP contribution in [0, 0.1) is 0 Å². The van der Waals surface area contributed by atoms with Crippen molar-refractivity contribution in [2.45, 2.75) is 13.8 Å². The number of rotatable bonds is 4. The van der Waals surface area contributed by atoms with E-state index in [1.165, 1.54) is 6.20 Å². The van der Waals surface area contributed by atoms with Crippen LogP contribution in [0.1, 0.15) is 24.2 Å². The molecule has 2 aromatic rings. The van der Waals surface area contributed by atoms with E-state index in [1.807, 2.05) is 18.2 Å². The van der Waals surface area contributed by atoms with Gasteiger partial charge in [-0.3, -0.25) is 4.98 Å². The molecule has 0 aliphatic carbocycles. The first kappa shape index (κ1) is 12.4. The third-order valence-corrected chi connectivity index (χ3v) is 3.04. The zero-order chi connectivity index (χ0) is 13.1. The summed E-state index contributed by atoms with van der Waals surface area (Å²) in [5, 5.41) is 9.77. The summed E-state index contributed by atoms with van der Waals surface area (Å²) in [6.45, 7) is 6.09. The largest absolute Gasteiger partial charge is 0.478 e. The van der Waals surface area contributed by atoms with Crippen LogP contribution in [0.2, 0.25) is 0 Å². The molecule has 18 heavy (non-hydrogen) atoms. The zero-order valence-corrected chi connectivity index (χ0v) is 10.6. The Hall–Kier alpha value is -2.10. The molecule has 1 aromatic carbocycles. The maximum absolute atomic E-state index is 10.9. The highest BCUT2D eigenvalue weighted by molar-refractivity contribution is 5.93. The lowest BCUT2D eigenvalue weighted by Gasteiger charge is -2.21. The second kappa shape index (κ2) is 5.04. The minimum absolute atomic E-state index is 0.220. The first-order valence-electron chi connectivity index (χ1n) is 6.03. The fraction of sp³-hybridized carbons (Fsp3) is 0.286. The Balaban J connectivity index is 2.47. The Kier molecular flexibility index (Phi) is 3.46. The maximum atomic E-state index is 10.9. The van der Waals surface area contributed by atoms with Crippen LogP contribution in [0.5, 0.6) is 0 Å². The zero-order valence-electron chi connectivity index (χ0n) is 10.6. The highest BCUT2D eigenvalue weighted by Gasteiger charge is 2.07. The van der Waals surface area contributed by atoms with Crippen LogP contribution in [0.4, 0.5) is 5.69 Å². The summed E-state index contributed by atoms with van der Waals surface area (Å²) in [5.74, 6) is -0.947. The van der Waals surface area contributed by atoms with Crippen LogP contribution >= 0.6 is 0 Å². The minimum atomic E-state index is -0.947. The number of carboxylic acid groups (broad SMARTS) is 1. The van der Waals surface area contributed by atoms with Gasteiger partial charge in [-0.15, -0.1) is 0 Å². The van der Waals surface area contributed by atoms with Gasteiger partial charge in [-0.1, -0.05) is 6.07 Å². The molecule has 0 spiro atoms. The summed E-state index contributed by atoms with van der Waals surface area (Å²) < 4.78 is 0. The first-order valence-corrected chi connectivity index (χ1v) is 6.03. The van der Waals surface area contributed by atoms with Crippen LogP contribution < -0.4 is 4.90 Å². The van der Waals surface area contributed by atoms with Gasteiger partial charge in [0.05, 0.1) is 11.1 Å². The molecule has 0 saturated carbocycles. The SMILES string of the molecule is CCN(CC)c1ccc2cc(C(=O)O)cnc2c1.